The molecular formula is C29H44N4O8S. The summed E-state index contributed by atoms with van der Waals surface area (Å²) in [4.78, 5) is 50.6. The summed E-state index contributed by atoms with van der Waals surface area (Å²) in [6.45, 7) is 6.04. The zero-order valence-electron chi connectivity index (χ0n) is 24.6. The van der Waals surface area contributed by atoms with Gasteiger partial charge in [0.15, 0.2) is 6.10 Å². The molecule has 2 aliphatic rings. The molecule has 1 aromatic rings. The van der Waals surface area contributed by atoms with E-state index < -0.39 is 18.7 Å². The number of piperidine rings is 1. The second-order valence-electron chi connectivity index (χ2n) is 10.3. The highest BCUT2D eigenvalue weighted by Gasteiger charge is 2.25. The van der Waals surface area contributed by atoms with Crippen LogP contribution in [-0.2, 0) is 35.1 Å². The number of ether oxygens (including phenoxy) is 2. The van der Waals surface area contributed by atoms with Gasteiger partial charge in [0, 0.05) is 36.5 Å². The van der Waals surface area contributed by atoms with Gasteiger partial charge < -0.3 is 30.3 Å². The topological polar surface area (TPSA) is 164 Å². The Morgan fingerprint density at radius 1 is 1.21 bits per heavy atom. The maximum atomic E-state index is 13.1. The van der Waals surface area contributed by atoms with E-state index in [0.29, 0.717) is 50.0 Å². The number of carbonyl (C=O) groups excluding carboxylic acids is 2. The first-order chi connectivity index (χ1) is 20.2. The third-order valence-corrected chi connectivity index (χ3v) is 8.29. The van der Waals surface area contributed by atoms with Crippen molar-refractivity contribution in [3.8, 4) is 0 Å². The fraction of sp³-hybridized carbons (Fsp3) is 0.655. The molecule has 0 aliphatic carbocycles. The molecule has 13 heteroatoms. The first kappa shape index (κ1) is 33.7. The van der Waals surface area contributed by atoms with Crippen LogP contribution >= 0.6 is 11.3 Å². The summed E-state index contributed by atoms with van der Waals surface area (Å²) < 4.78 is 10.4. The molecule has 0 radical (unpaired) electrons. The van der Waals surface area contributed by atoms with E-state index in [1.807, 2.05) is 24.8 Å². The fourth-order valence-electron chi connectivity index (χ4n) is 4.93. The predicted octanol–water partition coefficient (Wildman–Crippen LogP) is 2.75. The molecule has 12 nitrogen and oxygen atoms in total. The molecule has 0 bridgehead atoms. The predicted molar refractivity (Wildman–Crippen MR) is 159 cm³/mol. The van der Waals surface area contributed by atoms with E-state index in [-0.39, 0.29) is 38.1 Å². The Morgan fingerprint density at radius 2 is 1.98 bits per heavy atom. The van der Waals surface area contributed by atoms with Gasteiger partial charge in [-0.3, -0.25) is 14.4 Å². The molecule has 0 aromatic carbocycles. The van der Waals surface area contributed by atoms with Gasteiger partial charge in [0.2, 0.25) is 5.91 Å². The van der Waals surface area contributed by atoms with Gasteiger partial charge in [-0.15, -0.1) is 11.3 Å². The van der Waals surface area contributed by atoms with Crippen molar-refractivity contribution >= 4 is 46.7 Å². The molecular weight excluding hydrogens is 564 g/mol. The van der Waals surface area contributed by atoms with Crippen molar-refractivity contribution in [2.24, 2.45) is 16.6 Å². The van der Waals surface area contributed by atoms with Gasteiger partial charge in [0.1, 0.15) is 5.84 Å². The lowest BCUT2D eigenvalue weighted by Gasteiger charge is -2.32. The average Bonchev–Trinajstić information content (AvgIpc) is 3.27. The van der Waals surface area contributed by atoms with Gasteiger partial charge in [-0.2, -0.15) is 0 Å². The molecule has 3 rings (SSSR count). The van der Waals surface area contributed by atoms with Crippen LogP contribution in [0, 0.1) is 5.92 Å². The lowest BCUT2D eigenvalue weighted by atomic mass is 9.92. The van der Waals surface area contributed by atoms with Crippen molar-refractivity contribution in [2.45, 2.75) is 64.9 Å². The van der Waals surface area contributed by atoms with Crippen molar-refractivity contribution in [2.75, 3.05) is 52.7 Å². The number of aliphatic hydroxyl groups is 1. The zero-order chi connectivity index (χ0) is 30.5. The summed E-state index contributed by atoms with van der Waals surface area (Å²) in [6.07, 6.45) is 5.78. The number of likely N-dealkylation sites (tertiary alicyclic amines) is 1. The van der Waals surface area contributed by atoms with Crippen molar-refractivity contribution in [3.05, 3.63) is 21.4 Å². The molecule has 4 N–H and O–H groups in total. The minimum absolute atomic E-state index is 0.0329. The number of thiophene rings is 1. The highest BCUT2D eigenvalue weighted by molar-refractivity contribution is 7.13. The van der Waals surface area contributed by atoms with Gasteiger partial charge >= 0.3 is 5.97 Å². The Hall–Kier alpha value is -2.84. The Kier molecular flexibility index (Phi) is 13.9. The molecule has 42 heavy (non-hydrogen) atoms. The Balaban J connectivity index is 1.42. The number of amidine groups is 1. The zero-order valence-corrected chi connectivity index (χ0v) is 25.4. The van der Waals surface area contributed by atoms with Gasteiger partial charge in [0.25, 0.3) is 5.91 Å². The van der Waals surface area contributed by atoms with Crippen LogP contribution < -0.4 is 5.73 Å². The van der Waals surface area contributed by atoms with E-state index in [1.54, 1.807) is 11.3 Å². The standard InChI is InChI=1S/C29H44N4O8S/c1-3-10-33(41-4-2)28(36)21-16-25-23(31-26(30)17-21)18-22(42-25)6-5-20-7-11-32(12-8-20)27(35)9-13-39-14-15-40-24(19-34)29(37)38/h16,18,20,24,34H,3-15,17,19H2,1-2H3,(H2,30,31)(H,37,38). The monoisotopic (exact) mass is 608 g/mol. The summed E-state index contributed by atoms with van der Waals surface area (Å²) in [5, 5.41) is 19.2. The number of nitrogens with two attached hydrogens (primary N) is 1. The smallest absolute Gasteiger partial charge is 0.335 e. The van der Waals surface area contributed by atoms with Gasteiger partial charge in [-0.25, -0.2) is 14.9 Å². The van der Waals surface area contributed by atoms with Crippen LogP contribution in [0.3, 0.4) is 0 Å². The van der Waals surface area contributed by atoms with Crippen molar-refractivity contribution in [1.29, 1.82) is 0 Å². The second-order valence-corrected chi connectivity index (χ2v) is 11.5. The molecule has 1 atom stereocenters. The Labute approximate surface area is 251 Å². The van der Waals surface area contributed by atoms with E-state index in [2.05, 4.69) is 11.1 Å². The van der Waals surface area contributed by atoms with Crippen LogP contribution in [0.2, 0.25) is 0 Å². The number of hydrogen-bond acceptors (Lipinski definition) is 10. The van der Waals surface area contributed by atoms with Crippen LogP contribution in [0.4, 0.5) is 5.69 Å². The van der Waals surface area contributed by atoms with E-state index in [0.717, 1.165) is 42.7 Å². The first-order valence-corrected chi connectivity index (χ1v) is 15.5. The molecule has 0 spiro atoms. The molecule has 1 saturated heterocycles. The molecule has 1 aromatic heterocycles. The molecule has 2 amide bonds. The second kappa shape index (κ2) is 17.3. The lowest BCUT2D eigenvalue weighted by molar-refractivity contribution is -0.180. The van der Waals surface area contributed by atoms with Gasteiger partial charge in [-0.1, -0.05) is 6.92 Å². The van der Waals surface area contributed by atoms with Crippen LogP contribution in [0.15, 0.2) is 16.6 Å². The van der Waals surface area contributed by atoms with Crippen molar-refractivity contribution in [3.63, 3.8) is 0 Å². The van der Waals surface area contributed by atoms with Gasteiger partial charge in [0.05, 0.1) is 50.0 Å². The van der Waals surface area contributed by atoms with Crippen molar-refractivity contribution in [1.82, 2.24) is 9.96 Å². The number of amides is 2. The van der Waals surface area contributed by atoms with Crippen LogP contribution in [0.1, 0.15) is 62.1 Å². The van der Waals surface area contributed by atoms with Crippen LogP contribution in [0.5, 0.6) is 0 Å². The number of carboxylic acids is 1. The average molecular weight is 609 g/mol. The summed E-state index contributed by atoms with van der Waals surface area (Å²) in [5.74, 6) is -0.419. The summed E-state index contributed by atoms with van der Waals surface area (Å²) >= 11 is 1.64. The Bertz CT molecular complexity index is 1110. The van der Waals surface area contributed by atoms with E-state index in [1.165, 1.54) is 9.94 Å². The van der Waals surface area contributed by atoms with Gasteiger partial charge in [-0.05, 0) is 57.1 Å². The van der Waals surface area contributed by atoms with E-state index >= 15 is 0 Å². The SMILES string of the molecule is CCCN(OCC)C(=O)C1=Cc2sc(CCC3CCN(C(=O)CCOCCOC(CO)C(=O)O)CC3)cc2N=C(N)C1. The van der Waals surface area contributed by atoms with Crippen molar-refractivity contribution < 1.29 is 38.9 Å². The third kappa shape index (κ3) is 10.2. The maximum absolute atomic E-state index is 13.1. The number of carbonyl (C=O) groups is 3. The first-order valence-electron chi connectivity index (χ1n) is 14.7. The summed E-state index contributed by atoms with van der Waals surface area (Å²) in [6, 6.07) is 2.07. The number of aryl methyl sites for hydroxylation is 1. The fourth-order valence-corrected chi connectivity index (χ4v) is 6.01. The molecule has 1 fully saturated rings. The number of aliphatic imine (C=N–C) groups is 1. The van der Waals surface area contributed by atoms with E-state index in [4.69, 9.17) is 30.3 Å². The third-order valence-electron chi connectivity index (χ3n) is 7.16. The highest BCUT2D eigenvalue weighted by Crippen LogP contribution is 2.36. The number of nitrogens with zero attached hydrogens (tertiary/aromatic N) is 3. The van der Waals surface area contributed by atoms with E-state index in [9.17, 15) is 14.4 Å². The van der Waals surface area contributed by atoms with Crippen LogP contribution in [0.25, 0.3) is 6.08 Å². The minimum Gasteiger partial charge on any atom is -0.479 e. The number of fused-ring (bicyclic) bond motifs is 1. The number of aliphatic carboxylic acids is 1. The maximum Gasteiger partial charge on any atom is 0.335 e. The molecule has 2 aliphatic heterocycles. The molecule has 0 saturated carbocycles. The largest absolute Gasteiger partial charge is 0.479 e. The normalized spacial score (nSPS) is 16.3. The van der Waals surface area contributed by atoms with Crippen LogP contribution in [-0.4, -0.2) is 103 Å². The number of hydroxylamine groups is 2. The number of rotatable bonds is 17. The summed E-state index contributed by atoms with van der Waals surface area (Å²) in [7, 11) is 0. The highest BCUT2D eigenvalue weighted by atomic mass is 32.1. The number of carboxylic acid groups (broad SMARTS) is 1. The number of aliphatic hydroxyl groups excluding tert-OH is 1. The summed E-state index contributed by atoms with van der Waals surface area (Å²) in [5.41, 5.74) is 7.55. The lowest BCUT2D eigenvalue weighted by Crippen LogP contribution is -2.39. The molecule has 1 unspecified atom stereocenters. The quantitative estimate of drug-likeness (QED) is 0.178. The molecule has 3 heterocycles. The number of hydrogen-bond donors (Lipinski definition) is 3. The molecule has 234 valence electrons. The minimum atomic E-state index is -1.26. The Morgan fingerprint density at radius 3 is 2.64 bits per heavy atom.